The molecule has 0 aromatic heterocycles. The van der Waals surface area contributed by atoms with Crippen molar-refractivity contribution < 1.29 is 13.2 Å². The number of benzene rings is 1. The molecule has 1 aliphatic carbocycles. The van der Waals surface area contributed by atoms with E-state index in [0.717, 1.165) is 23.6 Å². The van der Waals surface area contributed by atoms with Gasteiger partial charge in [-0.3, -0.25) is 4.79 Å². The minimum absolute atomic E-state index is 0.0825. The second-order valence-electron chi connectivity index (χ2n) is 6.84. The highest BCUT2D eigenvalue weighted by molar-refractivity contribution is 9.10. The third kappa shape index (κ3) is 4.37. The number of nitrogens with zero attached hydrogens (tertiary/aromatic N) is 2. The molecule has 1 aliphatic rings. The number of hydrogen-bond donors (Lipinski definition) is 0. The van der Waals surface area contributed by atoms with Crippen molar-refractivity contribution in [1.82, 2.24) is 9.21 Å². The zero-order valence-corrected chi connectivity index (χ0v) is 17.0. The van der Waals surface area contributed by atoms with Crippen LogP contribution < -0.4 is 0 Å². The lowest BCUT2D eigenvalue weighted by atomic mass is 10.1. The van der Waals surface area contributed by atoms with E-state index in [1.165, 1.54) is 20.2 Å². The average molecular weight is 417 g/mol. The van der Waals surface area contributed by atoms with Gasteiger partial charge in [0.05, 0.1) is 4.90 Å². The molecule has 134 valence electrons. The molecule has 5 nitrogen and oxygen atoms in total. The molecule has 0 saturated heterocycles. The number of amides is 1. The third-order valence-electron chi connectivity index (χ3n) is 4.13. The van der Waals surface area contributed by atoms with Crippen LogP contribution in [0.25, 0.3) is 0 Å². The highest BCUT2D eigenvalue weighted by Crippen LogP contribution is 2.31. The van der Waals surface area contributed by atoms with Crippen molar-refractivity contribution in [3.8, 4) is 0 Å². The van der Waals surface area contributed by atoms with Crippen molar-refractivity contribution in [2.45, 2.75) is 44.0 Å². The zero-order chi connectivity index (χ0) is 18.1. The van der Waals surface area contributed by atoms with Gasteiger partial charge in [0.15, 0.2) is 0 Å². The maximum atomic E-state index is 12.9. The molecular weight excluding hydrogens is 392 g/mol. The van der Waals surface area contributed by atoms with E-state index in [4.69, 9.17) is 0 Å². The lowest BCUT2D eigenvalue weighted by Gasteiger charge is -2.24. The first kappa shape index (κ1) is 19.4. The highest BCUT2D eigenvalue weighted by Gasteiger charge is 2.33. The number of carbonyl (C=O) groups is 1. The number of carbonyl (C=O) groups excluding carboxylic acids is 1. The Morgan fingerprint density at radius 3 is 2.42 bits per heavy atom. The molecule has 7 heteroatoms. The standard InChI is InChI=1S/C17H25BrN2O3S/c1-12(2)9-10-20(14-6-7-14)17(21)13-5-8-15(18)16(11-13)24(22,23)19(3)4/h5,8,11-12,14H,6-7,9-10H2,1-4H3. The van der Waals surface area contributed by atoms with Gasteiger partial charge >= 0.3 is 0 Å². The smallest absolute Gasteiger partial charge is 0.254 e. The van der Waals surface area contributed by atoms with Crippen LogP contribution in [0.1, 0.15) is 43.5 Å². The summed E-state index contributed by atoms with van der Waals surface area (Å²) in [6.45, 7) is 4.99. The summed E-state index contributed by atoms with van der Waals surface area (Å²) in [5, 5.41) is 0. The van der Waals surface area contributed by atoms with E-state index in [9.17, 15) is 13.2 Å². The van der Waals surface area contributed by atoms with Gasteiger partial charge < -0.3 is 4.90 Å². The predicted octanol–water partition coefficient (Wildman–Crippen LogP) is 3.35. The minimum atomic E-state index is -3.60. The number of sulfonamides is 1. The van der Waals surface area contributed by atoms with E-state index < -0.39 is 10.0 Å². The van der Waals surface area contributed by atoms with Crippen LogP contribution in [0.3, 0.4) is 0 Å². The summed E-state index contributed by atoms with van der Waals surface area (Å²) in [7, 11) is -0.641. The van der Waals surface area contributed by atoms with Gasteiger partial charge in [-0.2, -0.15) is 0 Å². The Bertz CT molecular complexity index is 713. The molecule has 0 bridgehead atoms. The Morgan fingerprint density at radius 2 is 1.92 bits per heavy atom. The molecule has 0 aliphatic heterocycles. The molecule has 1 amide bonds. The summed E-state index contributed by atoms with van der Waals surface area (Å²) >= 11 is 3.28. The van der Waals surface area contributed by atoms with Crippen LogP contribution in [-0.4, -0.2) is 50.2 Å². The van der Waals surface area contributed by atoms with E-state index in [-0.39, 0.29) is 10.8 Å². The normalized spacial score (nSPS) is 15.1. The van der Waals surface area contributed by atoms with Crippen LogP contribution in [-0.2, 0) is 10.0 Å². The van der Waals surface area contributed by atoms with Crippen LogP contribution >= 0.6 is 15.9 Å². The maximum absolute atomic E-state index is 12.9. The average Bonchev–Trinajstić information content (AvgIpc) is 3.31. The first-order chi connectivity index (χ1) is 11.1. The Kier molecular flexibility index (Phi) is 6.09. The Morgan fingerprint density at radius 1 is 1.29 bits per heavy atom. The molecule has 0 heterocycles. The molecular formula is C17H25BrN2O3S. The molecule has 0 N–H and O–H groups in total. The molecule has 1 aromatic rings. The first-order valence-corrected chi connectivity index (χ1v) is 10.4. The van der Waals surface area contributed by atoms with Crippen molar-refractivity contribution in [2.75, 3.05) is 20.6 Å². The van der Waals surface area contributed by atoms with Gasteiger partial charge in [0.1, 0.15) is 0 Å². The first-order valence-electron chi connectivity index (χ1n) is 8.17. The second kappa shape index (κ2) is 7.54. The maximum Gasteiger partial charge on any atom is 0.254 e. The Hall–Kier alpha value is -0.920. The topological polar surface area (TPSA) is 57.7 Å². The molecule has 1 saturated carbocycles. The molecule has 1 fully saturated rings. The summed E-state index contributed by atoms with van der Waals surface area (Å²) < 4.78 is 26.5. The molecule has 1 aromatic carbocycles. The molecule has 2 rings (SSSR count). The predicted molar refractivity (Wildman–Crippen MR) is 98.5 cm³/mol. The minimum Gasteiger partial charge on any atom is -0.336 e. The third-order valence-corrected chi connectivity index (χ3v) is 6.94. The van der Waals surface area contributed by atoms with Gasteiger partial charge in [-0.05, 0) is 59.3 Å². The summed E-state index contributed by atoms with van der Waals surface area (Å²) in [4.78, 5) is 14.9. The lowest BCUT2D eigenvalue weighted by Crippen LogP contribution is -2.34. The summed E-state index contributed by atoms with van der Waals surface area (Å²) in [6, 6.07) is 5.10. The summed E-state index contributed by atoms with van der Waals surface area (Å²) in [5.74, 6) is 0.439. The van der Waals surface area contributed by atoms with E-state index in [1.54, 1.807) is 12.1 Å². The van der Waals surface area contributed by atoms with Gasteiger partial charge in [-0.15, -0.1) is 0 Å². The van der Waals surface area contributed by atoms with Crippen LogP contribution in [0.15, 0.2) is 27.6 Å². The van der Waals surface area contributed by atoms with Gasteiger partial charge in [0, 0.05) is 36.7 Å². The molecule has 0 spiro atoms. The van der Waals surface area contributed by atoms with Crippen molar-refractivity contribution in [3.05, 3.63) is 28.2 Å². The van der Waals surface area contributed by atoms with Gasteiger partial charge in [-0.25, -0.2) is 12.7 Å². The van der Waals surface area contributed by atoms with Crippen molar-refractivity contribution >= 4 is 31.9 Å². The fourth-order valence-corrected chi connectivity index (χ4v) is 4.27. The van der Waals surface area contributed by atoms with E-state index in [1.807, 2.05) is 4.90 Å². The quantitative estimate of drug-likeness (QED) is 0.684. The summed E-state index contributed by atoms with van der Waals surface area (Å²) in [5.41, 5.74) is 0.425. The van der Waals surface area contributed by atoms with Crippen molar-refractivity contribution in [2.24, 2.45) is 5.92 Å². The number of hydrogen-bond acceptors (Lipinski definition) is 3. The second-order valence-corrected chi connectivity index (χ2v) is 9.82. The van der Waals surface area contributed by atoms with Crippen molar-refractivity contribution in [1.29, 1.82) is 0 Å². The summed E-state index contributed by atoms with van der Waals surface area (Å²) in [6.07, 6.45) is 3.01. The Labute approximate surface area is 153 Å². The fourth-order valence-electron chi connectivity index (χ4n) is 2.43. The van der Waals surface area contributed by atoms with E-state index >= 15 is 0 Å². The molecule has 0 atom stereocenters. The van der Waals surface area contributed by atoms with Crippen LogP contribution in [0, 0.1) is 5.92 Å². The number of halogens is 1. The van der Waals surface area contributed by atoms with Crippen LogP contribution in [0.4, 0.5) is 0 Å². The molecule has 0 unspecified atom stereocenters. The van der Waals surface area contributed by atoms with Gasteiger partial charge in [-0.1, -0.05) is 13.8 Å². The number of rotatable bonds is 7. The van der Waals surface area contributed by atoms with Crippen molar-refractivity contribution in [3.63, 3.8) is 0 Å². The monoisotopic (exact) mass is 416 g/mol. The molecule has 0 radical (unpaired) electrons. The van der Waals surface area contributed by atoms with Crippen LogP contribution in [0.5, 0.6) is 0 Å². The lowest BCUT2D eigenvalue weighted by molar-refractivity contribution is 0.0735. The van der Waals surface area contributed by atoms with Gasteiger partial charge in [0.25, 0.3) is 5.91 Å². The zero-order valence-electron chi connectivity index (χ0n) is 14.6. The largest absolute Gasteiger partial charge is 0.336 e. The van der Waals surface area contributed by atoms with Crippen LogP contribution in [0.2, 0.25) is 0 Å². The van der Waals surface area contributed by atoms with Gasteiger partial charge in [0.2, 0.25) is 10.0 Å². The van der Waals surface area contributed by atoms with E-state index in [0.29, 0.717) is 28.5 Å². The SMILES string of the molecule is CC(C)CCN(C(=O)c1ccc(Br)c(S(=O)(=O)N(C)C)c1)C1CC1. The molecule has 24 heavy (non-hydrogen) atoms. The highest BCUT2D eigenvalue weighted by atomic mass is 79.9. The van der Waals surface area contributed by atoms with E-state index in [2.05, 4.69) is 29.8 Å². The fraction of sp³-hybridized carbons (Fsp3) is 0.588. The Balaban J connectivity index is 2.32.